The highest BCUT2D eigenvalue weighted by Crippen LogP contribution is 2.47. The van der Waals surface area contributed by atoms with Crippen molar-refractivity contribution in [1.29, 1.82) is 0 Å². The summed E-state index contributed by atoms with van der Waals surface area (Å²) in [5, 5.41) is 49.8. The van der Waals surface area contributed by atoms with Crippen LogP contribution in [0.2, 0.25) is 0 Å². The predicted octanol–water partition coefficient (Wildman–Crippen LogP) is 5.86. The molecule has 8 atom stereocenters. The number of rotatable bonds is 31. The van der Waals surface area contributed by atoms with Gasteiger partial charge in [0.15, 0.2) is 0 Å². The van der Waals surface area contributed by atoms with Crippen molar-refractivity contribution >= 4 is 13.8 Å². The van der Waals surface area contributed by atoms with Crippen molar-refractivity contribution in [3.8, 4) is 0 Å². The van der Waals surface area contributed by atoms with Crippen LogP contribution in [0.15, 0.2) is 0 Å². The normalized spacial score (nSPS) is 24.8. The zero-order valence-electron chi connectivity index (χ0n) is 29.8. The fraction of sp³-hybridized carbons (Fsp3) is 0.971. The number of unbranched alkanes of at least 4 members (excludes halogenated alkanes) is 19. The Labute approximate surface area is 289 Å². The van der Waals surface area contributed by atoms with E-state index in [1.807, 2.05) is 0 Å². The molecule has 0 aromatic rings. The topological polar surface area (TPSA) is 192 Å². The average molecular weight is 713 g/mol. The number of carbonyl (C=O) groups excluding carboxylic acids is 1. The van der Waals surface area contributed by atoms with Gasteiger partial charge in [-0.15, -0.1) is 0 Å². The molecule has 0 aliphatic heterocycles. The Morgan fingerprint density at radius 3 is 1.44 bits per heavy atom. The molecule has 1 aliphatic rings. The molecule has 0 bridgehead atoms. The third kappa shape index (κ3) is 20.9. The van der Waals surface area contributed by atoms with Gasteiger partial charge in [-0.2, -0.15) is 0 Å². The van der Waals surface area contributed by atoms with Crippen LogP contribution in [-0.2, 0) is 27.9 Å². The van der Waals surface area contributed by atoms with E-state index in [1.165, 1.54) is 83.5 Å². The minimum atomic E-state index is -4.99. The molecule has 0 amide bonds. The van der Waals surface area contributed by atoms with Gasteiger partial charge in [-0.05, 0) is 12.8 Å². The molecule has 0 heterocycles. The molecule has 1 aliphatic carbocycles. The van der Waals surface area contributed by atoms with E-state index in [-0.39, 0.29) is 13.0 Å². The standard InChI is InChI=1S/C35H69O12P/c1-3-5-7-9-11-12-13-14-15-16-17-19-21-23-25-44-26-28(46-29(36)24-22-20-18-10-8-6-4-2)27-45-48(42,43)47-35-33(40)31(38)30(37)32(39)34(35)41/h28,30-35,37-41H,3-27H2,1-2H3,(H,42,43)/t28-,30?,31-,32?,33?,34?,35?/m1/s1. The Bertz CT molecular complexity index is 817. The fourth-order valence-corrected chi connectivity index (χ4v) is 6.86. The first-order chi connectivity index (χ1) is 23.0. The monoisotopic (exact) mass is 712 g/mol. The summed E-state index contributed by atoms with van der Waals surface area (Å²) in [6.45, 7) is 4.19. The van der Waals surface area contributed by atoms with E-state index in [2.05, 4.69) is 13.8 Å². The second-order valence-electron chi connectivity index (χ2n) is 13.4. The lowest BCUT2D eigenvalue weighted by molar-refractivity contribution is -0.220. The van der Waals surface area contributed by atoms with Crippen molar-refractivity contribution in [1.82, 2.24) is 0 Å². The minimum absolute atomic E-state index is 0.0699. The van der Waals surface area contributed by atoms with E-state index in [0.717, 1.165) is 44.9 Å². The second kappa shape index (κ2) is 28.0. The lowest BCUT2D eigenvalue weighted by Gasteiger charge is -2.41. The number of hydrogen-bond acceptors (Lipinski definition) is 11. The van der Waals surface area contributed by atoms with Crippen LogP contribution in [-0.4, -0.2) is 98.9 Å². The zero-order valence-corrected chi connectivity index (χ0v) is 30.7. The van der Waals surface area contributed by atoms with Crippen molar-refractivity contribution in [2.75, 3.05) is 19.8 Å². The molecule has 6 unspecified atom stereocenters. The SMILES string of the molecule is CCCCCCCCCCCCCCCCOC[C@H](COP(=O)(O)OC1C(O)C(O)C(O)[C@@H](O)C1O)OC(=O)CCCCCCCCC. The molecule has 1 rings (SSSR count). The maximum absolute atomic E-state index is 12.7. The first-order valence-corrected chi connectivity index (χ1v) is 20.4. The van der Waals surface area contributed by atoms with Gasteiger partial charge in [0.1, 0.15) is 42.7 Å². The first-order valence-electron chi connectivity index (χ1n) is 18.9. The summed E-state index contributed by atoms with van der Waals surface area (Å²) in [5.74, 6) is -0.482. The number of ether oxygens (including phenoxy) is 2. The molecule has 6 N–H and O–H groups in total. The van der Waals surface area contributed by atoms with Crippen molar-refractivity contribution in [2.45, 2.75) is 198 Å². The van der Waals surface area contributed by atoms with Crippen LogP contribution in [0, 0.1) is 0 Å². The molecular weight excluding hydrogens is 643 g/mol. The molecule has 12 nitrogen and oxygen atoms in total. The fourth-order valence-electron chi connectivity index (χ4n) is 5.88. The Morgan fingerprint density at radius 2 is 0.979 bits per heavy atom. The van der Waals surface area contributed by atoms with E-state index in [1.54, 1.807) is 0 Å². The van der Waals surface area contributed by atoms with Crippen molar-refractivity contribution in [3.63, 3.8) is 0 Å². The van der Waals surface area contributed by atoms with Crippen LogP contribution in [0.25, 0.3) is 0 Å². The zero-order chi connectivity index (χ0) is 35.6. The Balaban J connectivity index is 2.44. The lowest BCUT2D eigenvalue weighted by atomic mass is 9.85. The summed E-state index contributed by atoms with van der Waals surface area (Å²) >= 11 is 0. The van der Waals surface area contributed by atoms with Crippen LogP contribution in [0.3, 0.4) is 0 Å². The molecule has 0 saturated heterocycles. The highest BCUT2D eigenvalue weighted by atomic mass is 31.2. The number of carbonyl (C=O) groups is 1. The molecule has 0 radical (unpaired) electrons. The van der Waals surface area contributed by atoms with E-state index >= 15 is 0 Å². The van der Waals surface area contributed by atoms with Gasteiger partial charge in [-0.3, -0.25) is 13.8 Å². The summed E-state index contributed by atoms with van der Waals surface area (Å²) in [5.41, 5.74) is 0. The predicted molar refractivity (Wildman–Crippen MR) is 184 cm³/mol. The molecule has 1 fully saturated rings. The summed E-state index contributed by atoms with van der Waals surface area (Å²) in [6.07, 6.45) is 12.1. The van der Waals surface area contributed by atoms with Gasteiger partial charge in [0.05, 0.1) is 13.2 Å². The highest BCUT2D eigenvalue weighted by Gasteiger charge is 2.51. The molecular formula is C35H69O12P. The van der Waals surface area contributed by atoms with Gasteiger partial charge in [0.2, 0.25) is 0 Å². The number of esters is 1. The Morgan fingerprint density at radius 1 is 0.583 bits per heavy atom. The van der Waals surface area contributed by atoms with Crippen LogP contribution in [0.5, 0.6) is 0 Å². The number of aliphatic hydroxyl groups is 5. The number of phosphoric ester groups is 1. The van der Waals surface area contributed by atoms with Crippen LogP contribution in [0.1, 0.15) is 155 Å². The second-order valence-corrected chi connectivity index (χ2v) is 14.8. The molecule has 1 saturated carbocycles. The number of aliphatic hydroxyl groups excluding tert-OH is 5. The molecule has 0 aromatic carbocycles. The molecule has 48 heavy (non-hydrogen) atoms. The van der Waals surface area contributed by atoms with Gasteiger partial charge in [0.25, 0.3) is 0 Å². The summed E-state index contributed by atoms with van der Waals surface area (Å²) in [4.78, 5) is 22.8. The summed E-state index contributed by atoms with van der Waals surface area (Å²) < 4.78 is 33.8. The van der Waals surface area contributed by atoms with E-state index in [4.69, 9.17) is 18.5 Å². The van der Waals surface area contributed by atoms with Crippen LogP contribution in [0.4, 0.5) is 0 Å². The molecule has 13 heteroatoms. The maximum atomic E-state index is 12.7. The number of phosphoric acid groups is 1. The van der Waals surface area contributed by atoms with Gasteiger partial charge in [-0.25, -0.2) is 4.57 Å². The lowest BCUT2D eigenvalue weighted by Crippen LogP contribution is -2.64. The van der Waals surface area contributed by atoms with Gasteiger partial charge in [-0.1, -0.05) is 136 Å². The van der Waals surface area contributed by atoms with E-state index < -0.39 is 63.1 Å². The van der Waals surface area contributed by atoms with Crippen molar-refractivity contribution < 1.29 is 58.3 Å². The van der Waals surface area contributed by atoms with Gasteiger partial charge in [0, 0.05) is 13.0 Å². The molecule has 0 spiro atoms. The van der Waals surface area contributed by atoms with Crippen molar-refractivity contribution in [2.24, 2.45) is 0 Å². The van der Waals surface area contributed by atoms with Gasteiger partial charge >= 0.3 is 13.8 Å². The van der Waals surface area contributed by atoms with E-state index in [0.29, 0.717) is 13.0 Å². The largest absolute Gasteiger partial charge is 0.472 e. The molecule has 0 aromatic heterocycles. The quantitative estimate of drug-likeness (QED) is 0.0286. The Kier molecular flexibility index (Phi) is 26.5. The van der Waals surface area contributed by atoms with Crippen LogP contribution >= 0.6 is 7.82 Å². The highest BCUT2D eigenvalue weighted by molar-refractivity contribution is 7.47. The number of hydrogen-bond donors (Lipinski definition) is 6. The third-order valence-electron chi connectivity index (χ3n) is 8.98. The third-order valence-corrected chi connectivity index (χ3v) is 9.97. The van der Waals surface area contributed by atoms with Gasteiger partial charge < -0.3 is 39.9 Å². The smallest absolute Gasteiger partial charge is 0.457 e. The average Bonchev–Trinajstić information content (AvgIpc) is 3.06. The minimum Gasteiger partial charge on any atom is -0.457 e. The van der Waals surface area contributed by atoms with E-state index in [9.17, 15) is 39.8 Å². The summed E-state index contributed by atoms with van der Waals surface area (Å²) in [7, 11) is -4.99. The maximum Gasteiger partial charge on any atom is 0.472 e. The van der Waals surface area contributed by atoms with Crippen LogP contribution < -0.4 is 0 Å². The molecule has 286 valence electrons. The first kappa shape index (κ1) is 45.4. The summed E-state index contributed by atoms with van der Waals surface area (Å²) in [6, 6.07) is 0. The van der Waals surface area contributed by atoms with Crippen molar-refractivity contribution in [3.05, 3.63) is 0 Å². The Hall–Kier alpha value is -0.660.